The van der Waals surface area contributed by atoms with Gasteiger partial charge in [-0.2, -0.15) is 0 Å². The lowest BCUT2D eigenvalue weighted by atomic mass is 9.98. The fourth-order valence-corrected chi connectivity index (χ4v) is 5.25. The molecule has 1 nitrogen and oxygen atoms in total. The molecule has 0 radical (unpaired) electrons. The lowest BCUT2D eigenvalue weighted by Gasteiger charge is -2.20. The van der Waals surface area contributed by atoms with Gasteiger partial charge in [-0.25, -0.2) is 0 Å². The monoisotopic (exact) mass is 333 g/mol. The van der Waals surface area contributed by atoms with Crippen molar-refractivity contribution in [2.75, 3.05) is 6.54 Å². The highest BCUT2D eigenvalue weighted by molar-refractivity contribution is 7.79. The minimum Gasteiger partial charge on any atom is -0.330 e. The fourth-order valence-electron chi connectivity index (χ4n) is 2.97. The van der Waals surface area contributed by atoms with Crippen molar-refractivity contribution in [2.45, 2.75) is 19.3 Å². The standard InChI is InChI=1S/C22H24NP/c1-18(16-17-23)19-12-14-22(15-13-19)24(20-8-4-2-5-9-20)21-10-6-3-7-11-21/h2-15,18H,16-17,23H2,1H3. The van der Waals surface area contributed by atoms with Crippen LogP contribution in [0.5, 0.6) is 0 Å². The molecular formula is C22H24NP. The molecule has 0 aliphatic rings. The summed E-state index contributed by atoms with van der Waals surface area (Å²) in [5.74, 6) is 0.517. The van der Waals surface area contributed by atoms with E-state index in [1.54, 1.807) is 0 Å². The van der Waals surface area contributed by atoms with Gasteiger partial charge in [0.25, 0.3) is 0 Å². The summed E-state index contributed by atoms with van der Waals surface area (Å²) >= 11 is 0. The first-order chi connectivity index (χ1) is 11.8. The van der Waals surface area contributed by atoms with Gasteiger partial charge in [0.1, 0.15) is 0 Å². The van der Waals surface area contributed by atoms with E-state index >= 15 is 0 Å². The lowest BCUT2D eigenvalue weighted by Crippen LogP contribution is -2.20. The Hall–Kier alpha value is -1.95. The Kier molecular flexibility index (Phi) is 5.80. The Morgan fingerprint density at radius 1 is 0.708 bits per heavy atom. The molecule has 0 fully saturated rings. The third kappa shape index (κ3) is 3.93. The van der Waals surface area contributed by atoms with Crippen LogP contribution in [-0.4, -0.2) is 6.54 Å². The van der Waals surface area contributed by atoms with Crippen molar-refractivity contribution >= 4 is 23.8 Å². The van der Waals surface area contributed by atoms with Gasteiger partial charge in [-0.3, -0.25) is 0 Å². The summed E-state index contributed by atoms with van der Waals surface area (Å²) in [6, 6.07) is 30.8. The van der Waals surface area contributed by atoms with Crippen LogP contribution >= 0.6 is 7.92 Å². The highest BCUT2D eigenvalue weighted by Crippen LogP contribution is 2.33. The lowest BCUT2D eigenvalue weighted by molar-refractivity contribution is 0.690. The second kappa shape index (κ2) is 8.24. The van der Waals surface area contributed by atoms with Gasteiger partial charge in [0, 0.05) is 0 Å². The average molecular weight is 333 g/mol. The topological polar surface area (TPSA) is 26.0 Å². The molecule has 0 spiro atoms. The van der Waals surface area contributed by atoms with Crippen molar-refractivity contribution in [2.24, 2.45) is 5.73 Å². The Bertz CT molecular complexity index is 698. The van der Waals surface area contributed by atoms with Crippen LogP contribution in [0.15, 0.2) is 84.9 Å². The Labute approximate surface area is 146 Å². The average Bonchev–Trinajstić information content (AvgIpc) is 2.64. The second-order valence-corrected chi connectivity index (χ2v) is 8.30. The van der Waals surface area contributed by atoms with Gasteiger partial charge in [-0.05, 0) is 48.3 Å². The van der Waals surface area contributed by atoms with Crippen LogP contribution in [0, 0.1) is 0 Å². The SMILES string of the molecule is CC(CCN)c1ccc(P(c2ccccc2)c2ccccc2)cc1. The highest BCUT2D eigenvalue weighted by atomic mass is 31.1. The summed E-state index contributed by atoms with van der Waals surface area (Å²) in [5.41, 5.74) is 7.08. The summed E-state index contributed by atoms with van der Waals surface area (Å²) in [6.07, 6.45) is 1.03. The maximum absolute atomic E-state index is 5.70. The van der Waals surface area contributed by atoms with Crippen LogP contribution in [0.4, 0.5) is 0 Å². The van der Waals surface area contributed by atoms with Crippen LogP contribution in [0.2, 0.25) is 0 Å². The Morgan fingerprint density at radius 2 is 1.17 bits per heavy atom. The smallest absolute Gasteiger partial charge is 0.00715 e. The molecule has 3 rings (SSSR count). The molecule has 0 bridgehead atoms. The van der Waals surface area contributed by atoms with E-state index in [9.17, 15) is 0 Å². The predicted molar refractivity (Wildman–Crippen MR) is 107 cm³/mol. The van der Waals surface area contributed by atoms with Gasteiger partial charge in [-0.15, -0.1) is 0 Å². The van der Waals surface area contributed by atoms with Crippen molar-refractivity contribution < 1.29 is 0 Å². The van der Waals surface area contributed by atoms with Crippen molar-refractivity contribution in [1.29, 1.82) is 0 Å². The van der Waals surface area contributed by atoms with Crippen LogP contribution in [0.25, 0.3) is 0 Å². The zero-order valence-electron chi connectivity index (χ0n) is 14.1. The summed E-state index contributed by atoms with van der Waals surface area (Å²) in [4.78, 5) is 0. The largest absolute Gasteiger partial charge is 0.330 e. The molecule has 0 aliphatic carbocycles. The molecule has 3 aromatic carbocycles. The van der Waals surface area contributed by atoms with Crippen molar-refractivity contribution in [3.05, 3.63) is 90.5 Å². The summed E-state index contributed by atoms with van der Waals surface area (Å²) in [7, 11) is -0.510. The van der Waals surface area contributed by atoms with Crippen molar-refractivity contribution in [3.8, 4) is 0 Å². The van der Waals surface area contributed by atoms with Gasteiger partial charge >= 0.3 is 0 Å². The molecule has 0 aromatic heterocycles. The molecule has 1 unspecified atom stereocenters. The minimum absolute atomic E-state index is 0.510. The molecule has 3 aromatic rings. The molecule has 0 aliphatic heterocycles. The van der Waals surface area contributed by atoms with E-state index in [1.165, 1.54) is 21.5 Å². The molecule has 122 valence electrons. The Morgan fingerprint density at radius 3 is 1.62 bits per heavy atom. The molecule has 0 amide bonds. The molecule has 2 heteroatoms. The van der Waals surface area contributed by atoms with Crippen molar-refractivity contribution in [1.82, 2.24) is 0 Å². The normalized spacial score (nSPS) is 12.3. The van der Waals surface area contributed by atoms with Gasteiger partial charge in [0.2, 0.25) is 0 Å². The van der Waals surface area contributed by atoms with Crippen LogP contribution < -0.4 is 21.6 Å². The molecule has 0 heterocycles. The quantitative estimate of drug-likeness (QED) is 0.680. The van der Waals surface area contributed by atoms with E-state index in [4.69, 9.17) is 5.73 Å². The van der Waals surface area contributed by atoms with E-state index in [2.05, 4.69) is 91.9 Å². The van der Waals surface area contributed by atoms with Crippen LogP contribution in [0.1, 0.15) is 24.8 Å². The maximum Gasteiger partial charge on any atom is -0.00715 e. The zero-order valence-corrected chi connectivity index (χ0v) is 15.0. The molecule has 0 saturated carbocycles. The van der Waals surface area contributed by atoms with E-state index in [1.807, 2.05) is 0 Å². The third-order valence-corrected chi connectivity index (χ3v) is 6.79. The zero-order chi connectivity index (χ0) is 16.8. The number of benzene rings is 3. The molecule has 2 N–H and O–H groups in total. The maximum atomic E-state index is 5.70. The first-order valence-corrected chi connectivity index (χ1v) is 9.84. The fraction of sp³-hybridized carbons (Fsp3) is 0.182. The number of hydrogen-bond acceptors (Lipinski definition) is 1. The first-order valence-electron chi connectivity index (χ1n) is 8.50. The third-order valence-electron chi connectivity index (χ3n) is 4.35. The molecule has 24 heavy (non-hydrogen) atoms. The van der Waals surface area contributed by atoms with Gasteiger partial charge in [0.05, 0.1) is 0 Å². The first kappa shape index (κ1) is 16.9. The minimum atomic E-state index is -0.510. The van der Waals surface area contributed by atoms with Crippen LogP contribution in [0.3, 0.4) is 0 Å². The molecule has 1 atom stereocenters. The predicted octanol–water partition coefficient (Wildman–Crippen LogP) is 3.90. The van der Waals surface area contributed by atoms with Crippen LogP contribution in [-0.2, 0) is 0 Å². The molecular weight excluding hydrogens is 309 g/mol. The molecule has 0 saturated heterocycles. The van der Waals surface area contributed by atoms with E-state index in [-0.39, 0.29) is 0 Å². The summed E-state index contributed by atoms with van der Waals surface area (Å²) in [5, 5.41) is 4.18. The summed E-state index contributed by atoms with van der Waals surface area (Å²) in [6.45, 7) is 2.99. The van der Waals surface area contributed by atoms with Crippen molar-refractivity contribution in [3.63, 3.8) is 0 Å². The van der Waals surface area contributed by atoms with E-state index < -0.39 is 7.92 Å². The Balaban J connectivity index is 1.97. The number of rotatable bonds is 6. The summed E-state index contributed by atoms with van der Waals surface area (Å²) < 4.78 is 0. The van der Waals surface area contributed by atoms with E-state index in [0.29, 0.717) is 5.92 Å². The van der Waals surface area contributed by atoms with Gasteiger partial charge in [0.15, 0.2) is 0 Å². The number of hydrogen-bond donors (Lipinski definition) is 1. The van der Waals surface area contributed by atoms with Gasteiger partial charge < -0.3 is 5.73 Å². The van der Waals surface area contributed by atoms with E-state index in [0.717, 1.165) is 13.0 Å². The highest BCUT2D eigenvalue weighted by Gasteiger charge is 2.16. The van der Waals surface area contributed by atoms with Gasteiger partial charge in [-0.1, -0.05) is 91.9 Å². The second-order valence-electron chi connectivity index (χ2n) is 6.08. The number of nitrogens with two attached hydrogens (primary N) is 1.